The monoisotopic (exact) mass is 449 g/mol. The minimum atomic E-state index is 0.0674. The summed E-state index contributed by atoms with van der Waals surface area (Å²) in [5.74, 6) is 1.26. The van der Waals surface area contributed by atoms with E-state index in [9.17, 15) is 4.79 Å². The molecule has 0 radical (unpaired) electrons. The Labute approximate surface area is 193 Å². The van der Waals surface area contributed by atoms with E-state index < -0.39 is 0 Å². The van der Waals surface area contributed by atoms with Crippen LogP contribution in [-0.4, -0.2) is 42.1 Å². The molecule has 0 bridgehead atoms. The van der Waals surface area contributed by atoms with Crippen LogP contribution in [0.15, 0.2) is 30.6 Å². The van der Waals surface area contributed by atoms with Crippen molar-refractivity contribution in [1.82, 2.24) is 15.3 Å². The first kappa shape index (κ1) is 21.2. The van der Waals surface area contributed by atoms with Crippen LogP contribution in [0.5, 0.6) is 0 Å². The number of hydrogen-bond donors (Lipinski definition) is 1. The Kier molecular flexibility index (Phi) is 6.00. The number of fused-ring (bicyclic) bond motifs is 1. The molecule has 5 rings (SSSR count). The topological polar surface area (TPSA) is 61.4 Å². The third-order valence-corrected chi connectivity index (χ3v) is 8.10. The lowest BCUT2D eigenvalue weighted by Crippen LogP contribution is -2.40. The van der Waals surface area contributed by atoms with Crippen LogP contribution in [-0.2, 0) is 11.3 Å². The number of carbonyl (C=O) groups excluding carboxylic acids is 1. The van der Waals surface area contributed by atoms with Crippen LogP contribution >= 0.6 is 11.3 Å². The molecule has 2 fully saturated rings. The van der Waals surface area contributed by atoms with E-state index in [-0.39, 0.29) is 11.8 Å². The second kappa shape index (κ2) is 9.06. The van der Waals surface area contributed by atoms with Crippen LogP contribution in [0.4, 0.5) is 11.5 Å². The summed E-state index contributed by atoms with van der Waals surface area (Å²) in [5.41, 5.74) is 3.72. The molecule has 4 heterocycles. The molecule has 1 amide bonds. The number of aryl methyl sites for hydroxylation is 2. The van der Waals surface area contributed by atoms with Crippen LogP contribution in [0.2, 0.25) is 0 Å². The number of thiophene rings is 1. The molecule has 3 aromatic rings. The lowest BCUT2D eigenvalue weighted by molar-refractivity contribution is -0.125. The number of piperidine rings is 1. The van der Waals surface area contributed by atoms with Gasteiger partial charge >= 0.3 is 0 Å². The van der Waals surface area contributed by atoms with E-state index in [1.54, 1.807) is 17.7 Å². The Morgan fingerprint density at radius 3 is 2.47 bits per heavy atom. The Bertz CT molecular complexity index is 1100. The summed E-state index contributed by atoms with van der Waals surface area (Å²) in [5, 5.41) is 4.34. The van der Waals surface area contributed by atoms with Crippen LogP contribution in [0.25, 0.3) is 10.2 Å². The van der Waals surface area contributed by atoms with Gasteiger partial charge in [-0.2, -0.15) is 0 Å². The minimum Gasteiger partial charge on any atom is -0.372 e. The maximum Gasteiger partial charge on any atom is 0.223 e. The highest BCUT2D eigenvalue weighted by molar-refractivity contribution is 7.18. The predicted octanol–water partition coefficient (Wildman–Crippen LogP) is 4.44. The van der Waals surface area contributed by atoms with Crippen molar-refractivity contribution in [1.29, 1.82) is 0 Å². The number of nitrogens with one attached hydrogen (secondary N) is 1. The number of amides is 1. The summed E-state index contributed by atoms with van der Waals surface area (Å²) in [6.45, 7) is 8.90. The van der Waals surface area contributed by atoms with Crippen LogP contribution < -0.4 is 15.1 Å². The molecule has 7 heteroatoms. The third kappa shape index (κ3) is 4.18. The molecule has 0 saturated carbocycles. The largest absolute Gasteiger partial charge is 0.372 e. The zero-order valence-electron chi connectivity index (χ0n) is 18.9. The standard InChI is InChI=1S/C25H31N5OS/c1-17-18(2)32-25-22(17)23(27-16-28-25)30-13-9-20(10-14-30)24(31)26-15-19-5-7-21(8-6-19)29-11-3-4-12-29/h5-8,16,20H,3-4,9-15H2,1-2H3,(H,26,31). The molecule has 2 aliphatic rings. The summed E-state index contributed by atoms with van der Waals surface area (Å²) in [7, 11) is 0. The van der Waals surface area contributed by atoms with Gasteiger partial charge in [0.1, 0.15) is 17.0 Å². The van der Waals surface area contributed by atoms with Gasteiger partial charge in [-0.05, 0) is 62.8 Å². The highest BCUT2D eigenvalue weighted by Gasteiger charge is 2.27. The maximum absolute atomic E-state index is 12.8. The second-order valence-electron chi connectivity index (χ2n) is 9.00. The predicted molar refractivity (Wildman–Crippen MR) is 132 cm³/mol. The molecular formula is C25H31N5OS. The Hall–Kier alpha value is -2.67. The van der Waals surface area contributed by atoms with Crippen molar-refractivity contribution in [3.63, 3.8) is 0 Å². The van der Waals surface area contributed by atoms with Gasteiger partial charge < -0.3 is 15.1 Å². The summed E-state index contributed by atoms with van der Waals surface area (Å²) >= 11 is 1.73. The van der Waals surface area contributed by atoms with Gasteiger partial charge in [0.15, 0.2) is 0 Å². The average Bonchev–Trinajstić information content (AvgIpc) is 3.46. The highest BCUT2D eigenvalue weighted by Crippen LogP contribution is 2.35. The molecule has 32 heavy (non-hydrogen) atoms. The smallest absolute Gasteiger partial charge is 0.223 e. The summed E-state index contributed by atoms with van der Waals surface area (Å²) < 4.78 is 0. The fourth-order valence-electron chi connectivity index (χ4n) is 4.89. The SMILES string of the molecule is Cc1sc2ncnc(N3CCC(C(=O)NCc4ccc(N5CCCC5)cc4)CC3)c2c1C. The van der Waals surface area contributed by atoms with Crippen molar-refractivity contribution < 1.29 is 4.79 Å². The molecule has 0 aliphatic carbocycles. The highest BCUT2D eigenvalue weighted by atomic mass is 32.1. The van der Waals surface area contributed by atoms with Crippen LogP contribution in [0.3, 0.4) is 0 Å². The number of rotatable bonds is 5. The van der Waals surface area contributed by atoms with Crippen LogP contribution in [0.1, 0.15) is 41.7 Å². The Balaban J connectivity index is 1.16. The van der Waals surface area contributed by atoms with Crippen molar-refractivity contribution in [2.24, 2.45) is 5.92 Å². The maximum atomic E-state index is 12.8. The van der Waals surface area contributed by atoms with Gasteiger partial charge in [-0.25, -0.2) is 9.97 Å². The summed E-state index contributed by atoms with van der Waals surface area (Å²) in [6.07, 6.45) is 5.94. The van der Waals surface area contributed by atoms with Crippen molar-refractivity contribution in [2.45, 2.75) is 46.1 Å². The van der Waals surface area contributed by atoms with Crippen molar-refractivity contribution in [2.75, 3.05) is 36.0 Å². The number of benzene rings is 1. The number of nitrogens with zero attached hydrogens (tertiary/aromatic N) is 4. The van der Waals surface area contributed by atoms with Crippen molar-refractivity contribution in [3.8, 4) is 0 Å². The van der Waals surface area contributed by atoms with Gasteiger partial charge in [0.05, 0.1) is 5.39 Å². The minimum absolute atomic E-state index is 0.0674. The number of carbonyl (C=O) groups is 1. The molecule has 0 unspecified atom stereocenters. The first-order chi connectivity index (χ1) is 15.6. The van der Waals surface area contributed by atoms with E-state index in [0.717, 1.165) is 55.2 Å². The molecular weight excluding hydrogens is 418 g/mol. The van der Waals surface area contributed by atoms with Crippen molar-refractivity contribution >= 4 is 39.0 Å². The molecule has 2 aliphatic heterocycles. The second-order valence-corrected chi connectivity index (χ2v) is 10.2. The molecule has 1 aromatic carbocycles. The number of aromatic nitrogens is 2. The first-order valence-electron chi connectivity index (χ1n) is 11.7. The molecule has 1 N–H and O–H groups in total. The van der Waals surface area contributed by atoms with Gasteiger partial charge in [-0.15, -0.1) is 11.3 Å². The number of hydrogen-bond acceptors (Lipinski definition) is 6. The molecule has 168 valence electrons. The molecule has 0 spiro atoms. The van der Waals surface area contributed by atoms with Gasteiger partial charge in [0.2, 0.25) is 5.91 Å². The first-order valence-corrected chi connectivity index (χ1v) is 12.5. The van der Waals surface area contributed by atoms with E-state index in [2.05, 4.69) is 63.2 Å². The normalized spacial score (nSPS) is 17.3. The molecule has 6 nitrogen and oxygen atoms in total. The summed E-state index contributed by atoms with van der Waals surface area (Å²) in [6, 6.07) is 8.65. The molecule has 0 atom stereocenters. The lowest BCUT2D eigenvalue weighted by atomic mass is 9.95. The number of anilines is 2. The van der Waals surface area contributed by atoms with E-state index in [1.807, 2.05) is 0 Å². The fraction of sp³-hybridized carbons (Fsp3) is 0.480. The zero-order chi connectivity index (χ0) is 22.1. The van der Waals surface area contributed by atoms with Gasteiger partial charge in [0, 0.05) is 49.2 Å². The Morgan fingerprint density at radius 1 is 1.03 bits per heavy atom. The van der Waals surface area contributed by atoms with E-state index in [1.165, 1.54) is 34.4 Å². The van der Waals surface area contributed by atoms with Crippen LogP contribution in [0, 0.1) is 19.8 Å². The molecule has 2 saturated heterocycles. The van der Waals surface area contributed by atoms with Gasteiger partial charge in [-0.1, -0.05) is 12.1 Å². The van der Waals surface area contributed by atoms with E-state index in [4.69, 9.17) is 0 Å². The zero-order valence-corrected chi connectivity index (χ0v) is 19.7. The molecule has 2 aromatic heterocycles. The Morgan fingerprint density at radius 2 is 1.75 bits per heavy atom. The van der Waals surface area contributed by atoms with Gasteiger partial charge in [0.25, 0.3) is 0 Å². The average molecular weight is 450 g/mol. The fourth-order valence-corrected chi connectivity index (χ4v) is 5.88. The van der Waals surface area contributed by atoms with E-state index >= 15 is 0 Å². The third-order valence-electron chi connectivity index (χ3n) is 6.98. The van der Waals surface area contributed by atoms with Crippen molar-refractivity contribution in [3.05, 3.63) is 46.6 Å². The quantitative estimate of drug-likeness (QED) is 0.624. The van der Waals surface area contributed by atoms with E-state index in [0.29, 0.717) is 6.54 Å². The van der Waals surface area contributed by atoms with Gasteiger partial charge in [-0.3, -0.25) is 4.79 Å². The lowest BCUT2D eigenvalue weighted by Gasteiger charge is -2.32. The summed E-state index contributed by atoms with van der Waals surface area (Å²) in [4.78, 5) is 29.0.